The molecular weight excluding hydrogens is 223 g/mol. The van der Waals surface area contributed by atoms with Gasteiger partial charge in [-0.1, -0.05) is 0 Å². The zero-order valence-corrected chi connectivity index (χ0v) is 7.80. The Morgan fingerprint density at radius 2 is 1.54 bits per heavy atom. The van der Waals surface area contributed by atoms with Crippen molar-refractivity contribution in [1.29, 1.82) is 0 Å². The molecule has 4 atom stereocenters. The second kappa shape index (κ2) is 7.40. The summed E-state index contributed by atoms with van der Waals surface area (Å²) in [5.41, 5.74) is 0. The Morgan fingerprint density at radius 3 is 1.85 bits per heavy atom. The van der Waals surface area contributed by atoms with Crippen LogP contribution in [0.4, 0.5) is 0 Å². The van der Waals surface area contributed by atoms with Gasteiger partial charge in [-0.2, -0.15) is 0 Å². The van der Waals surface area contributed by atoms with E-state index in [2.05, 4.69) is 0 Å². The molecule has 0 saturated heterocycles. The van der Waals surface area contributed by atoms with Crippen molar-refractivity contribution in [2.75, 3.05) is 6.61 Å². The van der Waals surface area contributed by atoms with Crippen LogP contribution in [0.15, 0.2) is 0 Å². The summed E-state index contributed by atoms with van der Waals surface area (Å²) < 4.78 is 0. The van der Waals surface area contributed by atoms with Crippen LogP contribution in [0.5, 0.6) is 0 Å². The van der Waals surface area contributed by atoms with E-state index in [1.54, 1.807) is 0 Å². The molecule has 5 N–H and O–H groups in total. The predicted octanol–water partition coefficient (Wildman–Crippen LogP) is -3.38. The van der Waals surface area contributed by atoms with E-state index in [0.29, 0.717) is 0 Å². The molecule has 0 amide bonds. The molecule has 0 rings (SSSR count). The molecule has 0 aliphatic rings. The first-order chi connectivity index (χ1) is 5.54. The molecule has 13 heavy (non-hydrogen) atoms. The Morgan fingerprint density at radius 1 is 1.08 bits per heavy atom. The monoisotopic (exact) mass is 235 g/mol. The first-order valence-corrected chi connectivity index (χ1v) is 3.33. The van der Waals surface area contributed by atoms with E-state index in [4.69, 9.17) is 25.5 Å². The molecule has 79 valence electrons. The molecule has 7 heteroatoms. The van der Waals surface area contributed by atoms with Crippen LogP contribution >= 0.6 is 0 Å². The number of aldehydes is 1. The standard InChI is InChI=1S/C6H12O6.Mn/c7-1-3(9)5(11)6(12)4(10)2-8;/h1,3-6,8-12H,2H2;/t3-,4+,5+,6-;/m0./s1. The molecule has 0 aliphatic heterocycles. The maximum atomic E-state index is 9.90. The van der Waals surface area contributed by atoms with Gasteiger partial charge in [-0.15, -0.1) is 0 Å². The van der Waals surface area contributed by atoms with E-state index in [1.807, 2.05) is 0 Å². The smallest absolute Gasteiger partial charge is 0.151 e. The number of hydrogen-bond donors (Lipinski definition) is 5. The average Bonchev–Trinajstić information content (AvgIpc) is 2.12. The average molecular weight is 235 g/mol. The summed E-state index contributed by atoms with van der Waals surface area (Å²) in [5, 5.41) is 43.5. The number of rotatable bonds is 5. The molecule has 0 bridgehead atoms. The van der Waals surface area contributed by atoms with Gasteiger partial charge in [0.05, 0.1) is 6.61 Å². The summed E-state index contributed by atoms with van der Waals surface area (Å²) >= 11 is 0. The summed E-state index contributed by atoms with van der Waals surface area (Å²) in [6.07, 6.45) is -6.84. The molecule has 0 fully saturated rings. The van der Waals surface area contributed by atoms with E-state index < -0.39 is 31.0 Å². The molecule has 0 aromatic heterocycles. The topological polar surface area (TPSA) is 118 Å². The largest absolute Gasteiger partial charge is 0.394 e. The van der Waals surface area contributed by atoms with Crippen LogP contribution in [-0.2, 0) is 21.9 Å². The fourth-order valence-corrected chi connectivity index (χ4v) is 0.618. The Kier molecular flexibility index (Phi) is 8.80. The number of hydrogen-bond acceptors (Lipinski definition) is 6. The van der Waals surface area contributed by atoms with E-state index in [9.17, 15) is 4.79 Å². The van der Waals surface area contributed by atoms with E-state index in [0.717, 1.165) is 0 Å². The zero-order chi connectivity index (χ0) is 9.72. The molecular formula is C6H12MnO6. The van der Waals surface area contributed by atoms with E-state index >= 15 is 0 Å². The zero-order valence-electron chi connectivity index (χ0n) is 6.62. The molecule has 0 aromatic carbocycles. The number of carbonyl (C=O) groups is 1. The van der Waals surface area contributed by atoms with Crippen molar-refractivity contribution in [3.63, 3.8) is 0 Å². The summed E-state index contributed by atoms with van der Waals surface area (Å²) in [7, 11) is 0. The van der Waals surface area contributed by atoms with Crippen LogP contribution in [0.3, 0.4) is 0 Å². The van der Waals surface area contributed by atoms with Gasteiger partial charge in [0.25, 0.3) is 0 Å². The van der Waals surface area contributed by atoms with Gasteiger partial charge in [0.15, 0.2) is 6.29 Å². The Bertz CT molecular complexity index is 143. The van der Waals surface area contributed by atoms with Crippen LogP contribution in [-0.4, -0.2) is 62.8 Å². The molecule has 0 saturated carbocycles. The SMILES string of the molecule is O=C[C@H](O)[C@@H](O)[C@@H](O)[C@H](O)CO.[Mn]. The van der Waals surface area contributed by atoms with Gasteiger partial charge in [-0.25, -0.2) is 0 Å². The van der Waals surface area contributed by atoms with E-state index in [-0.39, 0.29) is 23.4 Å². The van der Waals surface area contributed by atoms with Crippen molar-refractivity contribution in [2.24, 2.45) is 0 Å². The van der Waals surface area contributed by atoms with Gasteiger partial charge < -0.3 is 30.3 Å². The summed E-state index contributed by atoms with van der Waals surface area (Å²) in [6, 6.07) is 0. The maximum Gasteiger partial charge on any atom is 0.151 e. The van der Waals surface area contributed by atoms with Crippen LogP contribution in [0.25, 0.3) is 0 Å². The predicted molar refractivity (Wildman–Crippen MR) is 37.2 cm³/mol. The molecule has 0 unspecified atom stereocenters. The number of carbonyl (C=O) groups excluding carboxylic acids is 1. The molecule has 6 nitrogen and oxygen atoms in total. The van der Waals surface area contributed by atoms with Crippen molar-refractivity contribution < 1.29 is 47.4 Å². The van der Waals surface area contributed by atoms with Crippen molar-refractivity contribution in [3.05, 3.63) is 0 Å². The first-order valence-electron chi connectivity index (χ1n) is 3.33. The quantitative estimate of drug-likeness (QED) is 0.250. The minimum absolute atomic E-state index is 0. The Labute approximate surface area is 85.3 Å². The molecule has 0 aliphatic carbocycles. The molecule has 0 heterocycles. The maximum absolute atomic E-state index is 9.90. The Balaban J connectivity index is 0. The fraction of sp³-hybridized carbons (Fsp3) is 0.833. The summed E-state index contributed by atoms with van der Waals surface area (Å²) in [5.74, 6) is 0. The van der Waals surface area contributed by atoms with Crippen molar-refractivity contribution in [3.8, 4) is 0 Å². The molecule has 0 spiro atoms. The van der Waals surface area contributed by atoms with Crippen molar-refractivity contribution >= 4 is 6.29 Å². The van der Waals surface area contributed by atoms with Crippen molar-refractivity contribution in [2.45, 2.75) is 24.4 Å². The van der Waals surface area contributed by atoms with Crippen LogP contribution < -0.4 is 0 Å². The van der Waals surface area contributed by atoms with Crippen LogP contribution in [0.1, 0.15) is 0 Å². The van der Waals surface area contributed by atoms with Gasteiger partial charge in [0.2, 0.25) is 0 Å². The molecule has 1 radical (unpaired) electrons. The fourth-order valence-electron chi connectivity index (χ4n) is 0.618. The molecule has 0 aromatic rings. The third-order valence-electron chi connectivity index (χ3n) is 1.42. The summed E-state index contributed by atoms with van der Waals surface area (Å²) in [4.78, 5) is 9.90. The third kappa shape index (κ3) is 4.68. The van der Waals surface area contributed by atoms with Crippen LogP contribution in [0, 0.1) is 0 Å². The van der Waals surface area contributed by atoms with Crippen molar-refractivity contribution in [1.82, 2.24) is 0 Å². The number of aliphatic hydroxyl groups is 5. The second-order valence-electron chi connectivity index (χ2n) is 2.36. The van der Waals surface area contributed by atoms with Crippen LogP contribution in [0.2, 0.25) is 0 Å². The van der Waals surface area contributed by atoms with Gasteiger partial charge in [-0.05, 0) is 0 Å². The van der Waals surface area contributed by atoms with Gasteiger partial charge in [-0.3, -0.25) is 0 Å². The minimum Gasteiger partial charge on any atom is -0.394 e. The van der Waals surface area contributed by atoms with Gasteiger partial charge >= 0.3 is 0 Å². The normalized spacial score (nSPS) is 19.5. The van der Waals surface area contributed by atoms with Gasteiger partial charge in [0, 0.05) is 17.1 Å². The minimum atomic E-state index is -1.79. The third-order valence-corrected chi connectivity index (χ3v) is 1.42. The van der Waals surface area contributed by atoms with E-state index in [1.165, 1.54) is 0 Å². The number of aliphatic hydroxyl groups excluding tert-OH is 5. The van der Waals surface area contributed by atoms with Gasteiger partial charge in [0.1, 0.15) is 24.4 Å². The first kappa shape index (κ1) is 15.5. The Hall–Kier alpha value is -0.0105. The second-order valence-corrected chi connectivity index (χ2v) is 2.36. The summed E-state index contributed by atoms with van der Waals surface area (Å²) in [6.45, 7) is -0.760.